The minimum atomic E-state index is -0.524. The molecule has 0 aliphatic heterocycles. The van der Waals surface area contributed by atoms with Crippen LogP contribution in [0.4, 0.5) is 0 Å². The fraction of sp³-hybridized carbons (Fsp3) is 0.438. The second kappa shape index (κ2) is 6.60. The Balaban J connectivity index is 2.10. The van der Waals surface area contributed by atoms with Gasteiger partial charge in [-0.15, -0.1) is 0 Å². The second-order valence-corrected chi connectivity index (χ2v) is 5.88. The lowest BCUT2D eigenvalue weighted by atomic mass is 10.0. The molecule has 0 unspecified atom stereocenters. The molecule has 1 heterocycles. The number of nitrogens with one attached hydrogen (secondary N) is 1. The molecule has 22 heavy (non-hydrogen) atoms. The SMILES string of the molecule is CC(C)[C@@H](NC(=O)Cn1ncc2ccccc21)C(=O)N(C)C. The number of fused-ring (bicyclic) bond motifs is 1. The molecule has 0 aliphatic carbocycles. The van der Waals surface area contributed by atoms with Gasteiger partial charge in [0.05, 0.1) is 11.7 Å². The Kier molecular flexibility index (Phi) is 4.80. The van der Waals surface area contributed by atoms with Gasteiger partial charge in [0.2, 0.25) is 11.8 Å². The molecule has 2 amide bonds. The maximum absolute atomic E-state index is 12.3. The minimum Gasteiger partial charge on any atom is -0.347 e. The van der Waals surface area contributed by atoms with Gasteiger partial charge in [0.15, 0.2) is 0 Å². The summed E-state index contributed by atoms with van der Waals surface area (Å²) in [6.45, 7) is 3.92. The van der Waals surface area contributed by atoms with Gasteiger partial charge in [-0.2, -0.15) is 5.10 Å². The number of amides is 2. The first-order valence-electron chi connectivity index (χ1n) is 7.31. The van der Waals surface area contributed by atoms with E-state index in [9.17, 15) is 9.59 Å². The zero-order chi connectivity index (χ0) is 16.3. The van der Waals surface area contributed by atoms with Crippen molar-refractivity contribution >= 4 is 22.7 Å². The number of hydrogen-bond acceptors (Lipinski definition) is 3. The monoisotopic (exact) mass is 302 g/mol. The molecule has 0 bridgehead atoms. The van der Waals surface area contributed by atoms with Crippen molar-refractivity contribution in [2.75, 3.05) is 14.1 Å². The predicted molar refractivity (Wildman–Crippen MR) is 85.2 cm³/mol. The van der Waals surface area contributed by atoms with Crippen molar-refractivity contribution < 1.29 is 9.59 Å². The zero-order valence-electron chi connectivity index (χ0n) is 13.4. The normalized spacial score (nSPS) is 12.4. The van der Waals surface area contributed by atoms with Crippen molar-refractivity contribution in [1.29, 1.82) is 0 Å². The van der Waals surface area contributed by atoms with Gasteiger partial charge in [-0.1, -0.05) is 32.0 Å². The van der Waals surface area contributed by atoms with Gasteiger partial charge in [-0.05, 0) is 12.0 Å². The van der Waals surface area contributed by atoms with Crippen molar-refractivity contribution in [3.8, 4) is 0 Å². The van der Waals surface area contributed by atoms with E-state index in [1.165, 1.54) is 4.90 Å². The maximum atomic E-state index is 12.3. The molecular formula is C16H22N4O2. The van der Waals surface area contributed by atoms with Crippen LogP contribution in [-0.2, 0) is 16.1 Å². The molecule has 0 radical (unpaired) electrons. The summed E-state index contributed by atoms with van der Waals surface area (Å²) in [7, 11) is 3.37. The smallest absolute Gasteiger partial charge is 0.244 e. The van der Waals surface area contributed by atoms with Crippen LogP contribution in [0.5, 0.6) is 0 Å². The van der Waals surface area contributed by atoms with Gasteiger partial charge < -0.3 is 10.2 Å². The first-order chi connectivity index (χ1) is 10.4. The molecule has 0 saturated carbocycles. The molecule has 1 aromatic heterocycles. The number of nitrogens with zero attached hydrogens (tertiary/aromatic N) is 3. The van der Waals surface area contributed by atoms with E-state index in [2.05, 4.69) is 10.4 Å². The molecule has 2 rings (SSSR count). The van der Waals surface area contributed by atoms with E-state index in [4.69, 9.17) is 0 Å². The molecule has 0 saturated heterocycles. The summed E-state index contributed by atoms with van der Waals surface area (Å²) in [5, 5.41) is 8.02. The number of aromatic nitrogens is 2. The van der Waals surface area contributed by atoms with Crippen LogP contribution in [0.3, 0.4) is 0 Å². The summed E-state index contributed by atoms with van der Waals surface area (Å²) in [5.74, 6) is -0.301. The number of carbonyl (C=O) groups is 2. The van der Waals surface area contributed by atoms with Gasteiger partial charge in [0, 0.05) is 19.5 Å². The van der Waals surface area contributed by atoms with Crippen molar-refractivity contribution in [1.82, 2.24) is 20.0 Å². The number of likely N-dealkylation sites (N-methyl/N-ethyl adjacent to an activating group) is 1. The summed E-state index contributed by atoms with van der Waals surface area (Å²) >= 11 is 0. The Hall–Kier alpha value is -2.37. The first-order valence-corrected chi connectivity index (χ1v) is 7.31. The average Bonchev–Trinajstić information content (AvgIpc) is 2.87. The van der Waals surface area contributed by atoms with E-state index >= 15 is 0 Å². The van der Waals surface area contributed by atoms with Crippen LogP contribution >= 0.6 is 0 Å². The molecular weight excluding hydrogens is 280 g/mol. The predicted octanol–water partition coefficient (Wildman–Crippen LogP) is 1.27. The summed E-state index contributed by atoms with van der Waals surface area (Å²) in [6.07, 6.45) is 1.73. The number of rotatable bonds is 5. The lowest BCUT2D eigenvalue weighted by molar-refractivity contribution is -0.135. The van der Waals surface area contributed by atoms with Crippen LogP contribution < -0.4 is 5.32 Å². The molecule has 1 atom stereocenters. The fourth-order valence-corrected chi connectivity index (χ4v) is 2.30. The standard InChI is InChI=1S/C16H22N4O2/c1-11(2)15(16(22)19(3)4)18-14(21)10-20-13-8-6-5-7-12(13)9-17-20/h5-9,11,15H,10H2,1-4H3,(H,18,21)/t15-/m1/s1. The van der Waals surface area contributed by atoms with E-state index in [1.807, 2.05) is 38.1 Å². The van der Waals surface area contributed by atoms with Crippen LogP contribution in [0.2, 0.25) is 0 Å². The molecule has 0 spiro atoms. The van der Waals surface area contributed by atoms with Gasteiger partial charge in [-0.25, -0.2) is 0 Å². The van der Waals surface area contributed by atoms with Crippen LogP contribution in [0.25, 0.3) is 10.9 Å². The Morgan fingerprint density at radius 1 is 1.27 bits per heavy atom. The topological polar surface area (TPSA) is 67.2 Å². The summed E-state index contributed by atoms with van der Waals surface area (Å²) < 4.78 is 1.64. The third kappa shape index (κ3) is 3.44. The minimum absolute atomic E-state index is 0.0215. The maximum Gasteiger partial charge on any atom is 0.244 e. The van der Waals surface area contributed by atoms with E-state index in [0.29, 0.717) is 0 Å². The largest absolute Gasteiger partial charge is 0.347 e. The number of carbonyl (C=O) groups excluding carboxylic acids is 2. The third-order valence-electron chi connectivity index (χ3n) is 3.53. The van der Waals surface area contributed by atoms with Gasteiger partial charge in [0.25, 0.3) is 0 Å². The van der Waals surface area contributed by atoms with Crippen molar-refractivity contribution in [2.45, 2.75) is 26.4 Å². The molecule has 118 valence electrons. The molecule has 6 heteroatoms. The Morgan fingerprint density at radius 3 is 2.59 bits per heavy atom. The lowest BCUT2D eigenvalue weighted by Crippen LogP contribution is -2.50. The van der Waals surface area contributed by atoms with Crippen molar-refractivity contribution in [3.05, 3.63) is 30.5 Å². The molecule has 0 aliphatic rings. The quantitative estimate of drug-likeness (QED) is 0.904. The highest BCUT2D eigenvalue weighted by atomic mass is 16.2. The number of benzene rings is 1. The van der Waals surface area contributed by atoms with Crippen molar-refractivity contribution in [2.24, 2.45) is 5.92 Å². The molecule has 1 aromatic carbocycles. The van der Waals surface area contributed by atoms with Gasteiger partial charge >= 0.3 is 0 Å². The highest BCUT2D eigenvalue weighted by molar-refractivity contribution is 5.88. The molecule has 0 fully saturated rings. The Morgan fingerprint density at radius 2 is 1.95 bits per heavy atom. The van der Waals surface area contributed by atoms with Crippen LogP contribution in [0, 0.1) is 5.92 Å². The van der Waals surface area contributed by atoms with Gasteiger partial charge in [-0.3, -0.25) is 14.3 Å². The average molecular weight is 302 g/mol. The Labute approximate surface area is 130 Å². The third-order valence-corrected chi connectivity index (χ3v) is 3.53. The van der Waals surface area contributed by atoms with E-state index in [0.717, 1.165) is 10.9 Å². The molecule has 2 aromatic rings. The summed E-state index contributed by atoms with van der Waals surface area (Å²) in [5.41, 5.74) is 0.901. The second-order valence-electron chi connectivity index (χ2n) is 5.88. The molecule has 6 nitrogen and oxygen atoms in total. The van der Waals surface area contributed by atoms with E-state index < -0.39 is 6.04 Å². The lowest BCUT2D eigenvalue weighted by Gasteiger charge is -2.24. The summed E-state index contributed by atoms with van der Waals surface area (Å²) in [4.78, 5) is 25.9. The van der Waals surface area contributed by atoms with Crippen molar-refractivity contribution in [3.63, 3.8) is 0 Å². The van der Waals surface area contributed by atoms with Crippen LogP contribution in [-0.4, -0.2) is 46.6 Å². The number of para-hydroxylation sites is 1. The summed E-state index contributed by atoms with van der Waals surface area (Å²) in [6, 6.07) is 7.18. The first kappa shape index (κ1) is 16.0. The van der Waals surface area contributed by atoms with Crippen LogP contribution in [0.15, 0.2) is 30.5 Å². The highest BCUT2D eigenvalue weighted by Gasteiger charge is 2.25. The fourth-order valence-electron chi connectivity index (χ4n) is 2.30. The van der Waals surface area contributed by atoms with E-state index in [-0.39, 0.29) is 24.3 Å². The van der Waals surface area contributed by atoms with E-state index in [1.54, 1.807) is 25.0 Å². The number of hydrogen-bond donors (Lipinski definition) is 1. The molecule has 1 N–H and O–H groups in total. The van der Waals surface area contributed by atoms with Crippen LogP contribution in [0.1, 0.15) is 13.8 Å². The highest BCUT2D eigenvalue weighted by Crippen LogP contribution is 2.12. The Bertz CT molecular complexity index is 676. The van der Waals surface area contributed by atoms with Gasteiger partial charge in [0.1, 0.15) is 12.6 Å². The zero-order valence-corrected chi connectivity index (χ0v) is 13.4.